The summed E-state index contributed by atoms with van der Waals surface area (Å²) in [6, 6.07) is 11.1. The second kappa shape index (κ2) is 7.28. The Balaban J connectivity index is 1.90. The number of aliphatic hydroxyl groups is 1. The highest BCUT2D eigenvalue weighted by Crippen LogP contribution is 2.35. The summed E-state index contributed by atoms with van der Waals surface area (Å²) in [5.74, 6) is 0.820. The Morgan fingerprint density at radius 3 is 2.08 bits per heavy atom. The van der Waals surface area contributed by atoms with Gasteiger partial charge in [-0.05, 0) is 62.4 Å². The lowest BCUT2D eigenvalue weighted by atomic mass is 9.82. The van der Waals surface area contributed by atoms with Crippen LogP contribution in [0.2, 0.25) is 0 Å². The van der Waals surface area contributed by atoms with E-state index < -0.39 is 0 Å². The van der Waals surface area contributed by atoms with Crippen LogP contribution in [0.5, 0.6) is 11.5 Å². The third-order valence-corrected chi connectivity index (χ3v) is 5.02. The number of hydrogen-bond donors (Lipinski definition) is 3. The quantitative estimate of drug-likeness (QED) is 0.703. The van der Waals surface area contributed by atoms with Crippen molar-refractivity contribution in [2.75, 3.05) is 0 Å². The average Bonchev–Trinajstić information content (AvgIpc) is 2.58. The topological polar surface area (TPSA) is 60.7 Å². The average molecular weight is 350 g/mol. The summed E-state index contributed by atoms with van der Waals surface area (Å²) in [4.78, 5) is 0. The van der Waals surface area contributed by atoms with Crippen LogP contribution in [0, 0.1) is 19.8 Å². The van der Waals surface area contributed by atoms with Crippen molar-refractivity contribution in [2.45, 2.75) is 40.0 Å². The number of phenols is 2. The van der Waals surface area contributed by atoms with Gasteiger partial charge in [0.05, 0.1) is 5.76 Å². The number of rotatable bonds is 4. The van der Waals surface area contributed by atoms with E-state index in [4.69, 9.17) is 0 Å². The van der Waals surface area contributed by atoms with Gasteiger partial charge in [0.1, 0.15) is 11.5 Å². The van der Waals surface area contributed by atoms with Gasteiger partial charge in [-0.3, -0.25) is 0 Å². The third kappa shape index (κ3) is 3.93. The van der Waals surface area contributed by atoms with Gasteiger partial charge in [-0.1, -0.05) is 47.0 Å². The molecule has 0 aliphatic heterocycles. The van der Waals surface area contributed by atoms with E-state index >= 15 is 0 Å². The number of allylic oxidation sites excluding steroid dienone is 4. The van der Waals surface area contributed by atoms with Crippen LogP contribution in [0.25, 0.3) is 0 Å². The van der Waals surface area contributed by atoms with Crippen molar-refractivity contribution in [3.05, 3.63) is 81.6 Å². The maximum atomic E-state index is 10.9. The minimum Gasteiger partial charge on any atom is -0.512 e. The van der Waals surface area contributed by atoms with Gasteiger partial charge in [-0.15, -0.1) is 0 Å². The summed E-state index contributed by atoms with van der Waals surface area (Å²) in [7, 11) is 0. The second-order valence-corrected chi connectivity index (χ2v) is 7.45. The van der Waals surface area contributed by atoms with E-state index in [1.54, 1.807) is 12.1 Å². The molecular formula is C23H26O3. The molecule has 1 atom stereocenters. The molecule has 136 valence electrons. The van der Waals surface area contributed by atoms with Crippen molar-refractivity contribution in [1.29, 1.82) is 0 Å². The molecule has 1 unspecified atom stereocenters. The van der Waals surface area contributed by atoms with Crippen molar-refractivity contribution in [3.63, 3.8) is 0 Å². The molecule has 0 spiro atoms. The highest BCUT2D eigenvalue weighted by Gasteiger charge is 2.24. The Labute approximate surface area is 155 Å². The molecule has 0 amide bonds. The molecule has 0 fully saturated rings. The van der Waals surface area contributed by atoms with Crippen LogP contribution in [0.4, 0.5) is 0 Å². The van der Waals surface area contributed by atoms with Gasteiger partial charge in [-0.2, -0.15) is 0 Å². The monoisotopic (exact) mass is 350 g/mol. The van der Waals surface area contributed by atoms with Crippen LogP contribution in [0.3, 0.4) is 0 Å². The Bertz CT molecular complexity index is 890. The zero-order valence-corrected chi connectivity index (χ0v) is 15.6. The molecule has 3 N–H and O–H groups in total. The van der Waals surface area contributed by atoms with Crippen LogP contribution in [0.15, 0.2) is 59.4 Å². The number of aryl methyl sites for hydroxylation is 2. The fourth-order valence-corrected chi connectivity index (χ4v) is 3.69. The molecule has 1 aliphatic carbocycles. The van der Waals surface area contributed by atoms with E-state index in [-0.39, 0.29) is 17.4 Å². The number of benzene rings is 2. The van der Waals surface area contributed by atoms with Gasteiger partial charge in [0.15, 0.2) is 0 Å². The number of phenolic OH excluding ortho intramolecular Hbond substituents is 2. The molecule has 0 bridgehead atoms. The third-order valence-electron chi connectivity index (χ3n) is 5.02. The number of aromatic hydroxyl groups is 2. The summed E-state index contributed by atoms with van der Waals surface area (Å²) in [5.41, 5.74) is 5.88. The first-order valence-electron chi connectivity index (χ1n) is 8.99. The van der Waals surface area contributed by atoms with Crippen molar-refractivity contribution < 1.29 is 15.3 Å². The molecule has 1 aliphatic rings. The first-order valence-corrected chi connectivity index (χ1v) is 8.99. The van der Waals surface area contributed by atoms with Crippen molar-refractivity contribution in [1.82, 2.24) is 0 Å². The molecule has 3 nitrogen and oxygen atoms in total. The Kier molecular flexibility index (Phi) is 5.08. The highest BCUT2D eigenvalue weighted by molar-refractivity contribution is 5.44. The molecule has 0 aromatic heterocycles. The minimum absolute atomic E-state index is 0.0605. The molecule has 3 heteroatoms. The molecule has 2 aromatic rings. The molecule has 0 heterocycles. The number of hydrogen-bond acceptors (Lipinski definition) is 3. The molecule has 2 aromatic carbocycles. The zero-order chi connectivity index (χ0) is 18.8. The summed E-state index contributed by atoms with van der Waals surface area (Å²) in [5, 5.41) is 31.1. The second-order valence-electron chi connectivity index (χ2n) is 7.45. The van der Waals surface area contributed by atoms with E-state index in [2.05, 4.69) is 6.92 Å². The van der Waals surface area contributed by atoms with Gasteiger partial charge in [0.25, 0.3) is 0 Å². The van der Waals surface area contributed by atoms with Gasteiger partial charge in [0, 0.05) is 12.3 Å². The molecule has 26 heavy (non-hydrogen) atoms. The van der Waals surface area contributed by atoms with E-state index in [1.807, 2.05) is 44.2 Å². The standard InChI is InChI=1S/C23H26O3/c1-14-4-6-21(24)17(8-14)12-19-10-16(3)11-20(23(19)26)13-18-9-15(2)5-7-22(18)25/h4-10,20,24-26H,11-13H2,1-3H3. The molecule has 0 saturated heterocycles. The van der Waals surface area contributed by atoms with E-state index in [9.17, 15) is 15.3 Å². The lowest BCUT2D eigenvalue weighted by Gasteiger charge is -2.25. The maximum Gasteiger partial charge on any atom is 0.119 e. The Hall–Kier alpha value is -2.68. The summed E-state index contributed by atoms with van der Waals surface area (Å²) in [6.07, 6.45) is 3.87. The van der Waals surface area contributed by atoms with Crippen molar-refractivity contribution in [3.8, 4) is 11.5 Å². The fraction of sp³-hybridized carbons (Fsp3) is 0.304. The van der Waals surface area contributed by atoms with Crippen LogP contribution in [-0.2, 0) is 12.8 Å². The maximum absolute atomic E-state index is 10.9. The van der Waals surface area contributed by atoms with E-state index in [0.29, 0.717) is 18.6 Å². The normalized spacial score (nSPS) is 17.3. The number of aliphatic hydroxyl groups excluding tert-OH is 1. The van der Waals surface area contributed by atoms with Crippen LogP contribution >= 0.6 is 0 Å². The van der Waals surface area contributed by atoms with Gasteiger partial charge < -0.3 is 15.3 Å². The fourth-order valence-electron chi connectivity index (χ4n) is 3.69. The Morgan fingerprint density at radius 2 is 1.42 bits per heavy atom. The van der Waals surface area contributed by atoms with E-state index in [0.717, 1.165) is 34.2 Å². The van der Waals surface area contributed by atoms with E-state index in [1.165, 1.54) is 5.57 Å². The van der Waals surface area contributed by atoms with Crippen LogP contribution < -0.4 is 0 Å². The first kappa shape index (κ1) is 18.1. The van der Waals surface area contributed by atoms with Crippen molar-refractivity contribution in [2.24, 2.45) is 5.92 Å². The first-order chi connectivity index (χ1) is 12.3. The summed E-state index contributed by atoms with van der Waals surface area (Å²) >= 11 is 0. The summed E-state index contributed by atoms with van der Waals surface area (Å²) in [6.45, 7) is 6.05. The molecular weight excluding hydrogens is 324 g/mol. The van der Waals surface area contributed by atoms with Gasteiger partial charge >= 0.3 is 0 Å². The molecule has 0 saturated carbocycles. The Morgan fingerprint density at radius 1 is 0.846 bits per heavy atom. The van der Waals surface area contributed by atoms with Crippen LogP contribution in [0.1, 0.15) is 35.6 Å². The molecule has 3 rings (SSSR count). The van der Waals surface area contributed by atoms with Gasteiger partial charge in [0.2, 0.25) is 0 Å². The van der Waals surface area contributed by atoms with Crippen LogP contribution in [-0.4, -0.2) is 15.3 Å². The summed E-state index contributed by atoms with van der Waals surface area (Å²) < 4.78 is 0. The SMILES string of the molecule is CC1=CC(Cc2cc(C)ccc2O)=C(O)C(Cc2cc(C)ccc2O)C1. The van der Waals surface area contributed by atoms with Crippen molar-refractivity contribution >= 4 is 0 Å². The smallest absolute Gasteiger partial charge is 0.119 e. The predicted molar refractivity (Wildman–Crippen MR) is 105 cm³/mol. The molecule has 0 radical (unpaired) electrons. The lowest BCUT2D eigenvalue weighted by Crippen LogP contribution is -2.15. The highest BCUT2D eigenvalue weighted by atomic mass is 16.3. The predicted octanol–water partition coefficient (Wildman–Crippen LogP) is 5.28. The minimum atomic E-state index is -0.0605. The van der Waals surface area contributed by atoms with Gasteiger partial charge in [-0.25, -0.2) is 0 Å². The lowest BCUT2D eigenvalue weighted by molar-refractivity contribution is 0.313. The zero-order valence-electron chi connectivity index (χ0n) is 15.6. The largest absolute Gasteiger partial charge is 0.512 e.